The van der Waals surface area contributed by atoms with Gasteiger partial charge in [-0.15, -0.1) is 0 Å². The first-order chi connectivity index (χ1) is 8.19. The summed E-state index contributed by atoms with van der Waals surface area (Å²) >= 11 is 1.71. The predicted octanol–water partition coefficient (Wildman–Crippen LogP) is 3.14. The number of phenolic OH excluding ortho intramolecular Hbond substituents is 1. The maximum absolute atomic E-state index is 9.86. The Morgan fingerprint density at radius 2 is 2.12 bits per heavy atom. The van der Waals surface area contributed by atoms with E-state index in [0.717, 1.165) is 10.6 Å². The van der Waals surface area contributed by atoms with E-state index in [9.17, 15) is 5.11 Å². The number of benzene rings is 1. The number of aromatic hydroxyl groups is 1. The summed E-state index contributed by atoms with van der Waals surface area (Å²) in [6.07, 6.45) is 8.38. The van der Waals surface area contributed by atoms with Crippen LogP contribution in [0.15, 0.2) is 53.6 Å². The molecule has 0 amide bonds. The zero-order valence-electron chi connectivity index (χ0n) is 9.50. The van der Waals surface area contributed by atoms with E-state index in [2.05, 4.69) is 25.2 Å². The van der Waals surface area contributed by atoms with Gasteiger partial charge in [-0.1, -0.05) is 48.2 Å². The molecule has 17 heavy (non-hydrogen) atoms. The molecule has 0 spiro atoms. The topological polar surface area (TPSA) is 32.6 Å². The quantitative estimate of drug-likeness (QED) is 0.822. The fourth-order valence-corrected chi connectivity index (χ4v) is 3.44. The Hall–Kier alpha value is -1.48. The fraction of sp³-hybridized carbons (Fsp3) is 0.214. The van der Waals surface area contributed by atoms with Crippen LogP contribution in [0.1, 0.15) is 12.5 Å². The van der Waals surface area contributed by atoms with E-state index >= 15 is 0 Å². The van der Waals surface area contributed by atoms with Gasteiger partial charge in [-0.25, -0.2) is 0 Å². The van der Waals surface area contributed by atoms with Gasteiger partial charge in [0, 0.05) is 5.56 Å². The molecule has 0 aromatic heterocycles. The highest BCUT2D eigenvalue weighted by Gasteiger charge is 2.39. The number of hydrogen-bond acceptors (Lipinski definition) is 3. The average Bonchev–Trinajstić information content (AvgIpc) is 2.66. The molecular weight excluding hydrogens is 230 g/mol. The van der Waals surface area contributed by atoms with E-state index in [1.165, 1.54) is 0 Å². The zero-order chi connectivity index (χ0) is 11.9. The molecule has 2 aliphatic rings. The van der Waals surface area contributed by atoms with Gasteiger partial charge in [0.2, 0.25) is 0 Å². The summed E-state index contributed by atoms with van der Waals surface area (Å²) in [7, 11) is 0. The molecule has 3 rings (SSSR count). The third-order valence-electron chi connectivity index (χ3n) is 3.12. The molecule has 3 heteroatoms. The van der Waals surface area contributed by atoms with E-state index < -0.39 is 0 Å². The highest BCUT2D eigenvalue weighted by Crippen LogP contribution is 2.42. The number of thioether (sulfide) groups is 1. The lowest BCUT2D eigenvalue weighted by Crippen LogP contribution is -2.29. The van der Waals surface area contributed by atoms with Crippen LogP contribution in [0, 0.1) is 0 Å². The Balaban J connectivity index is 2.03. The largest absolute Gasteiger partial charge is 0.507 e. The molecule has 1 N–H and O–H groups in total. The number of para-hydroxylation sites is 1. The minimum absolute atomic E-state index is 0.170. The van der Waals surface area contributed by atoms with Crippen molar-refractivity contribution in [3.8, 4) is 5.75 Å². The van der Waals surface area contributed by atoms with Crippen LogP contribution in [0.2, 0.25) is 0 Å². The first-order valence-electron chi connectivity index (χ1n) is 5.60. The van der Waals surface area contributed by atoms with Gasteiger partial charge < -0.3 is 5.11 Å². The maximum atomic E-state index is 9.86. The molecule has 2 nitrogen and oxygen atoms in total. The van der Waals surface area contributed by atoms with E-state index in [0.29, 0.717) is 11.0 Å². The first-order valence-corrected chi connectivity index (χ1v) is 6.48. The monoisotopic (exact) mass is 243 g/mol. The highest BCUT2D eigenvalue weighted by molar-refractivity contribution is 8.15. The Morgan fingerprint density at radius 3 is 2.88 bits per heavy atom. The van der Waals surface area contributed by atoms with Crippen molar-refractivity contribution in [2.75, 3.05) is 0 Å². The van der Waals surface area contributed by atoms with Crippen LogP contribution in [0.4, 0.5) is 0 Å². The van der Waals surface area contributed by atoms with Crippen LogP contribution in [0.5, 0.6) is 5.75 Å². The maximum Gasteiger partial charge on any atom is 0.125 e. The molecule has 0 bridgehead atoms. The molecule has 0 fully saturated rings. The summed E-state index contributed by atoms with van der Waals surface area (Å²) in [6.45, 7) is 2.12. The van der Waals surface area contributed by atoms with Crippen molar-refractivity contribution in [2.45, 2.75) is 17.7 Å². The third kappa shape index (κ3) is 1.71. The average molecular weight is 243 g/mol. The normalized spacial score (nSPS) is 30.2. The lowest BCUT2D eigenvalue weighted by atomic mass is 9.94. The second-order valence-corrected chi connectivity index (χ2v) is 5.57. The van der Waals surface area contributed by atoms with Crippen molar-refractivity contribution < 1.29 is 5.11 Å². The molecule has 2 unspecified atom stereocenters. The number of allylic oxidation sites excluding steroid dienone is 2. The van der Waals surface area contributed by atoms with Gasteiger partial charge in [0.1, 0.15) is 10.8 Å². The smallest absolute Gasteiger partial charge is 0.125 e. The van der Waals surface area contributed by atoms with Gasteiger partial charge >= 0.3 is 0 Å². The van der Waals surface area contributed by atoms with E-state index in [4.69, 9.17) is 4.99 Å². The van der Waals surface area contributed by atoms with Crippen molar-refractivity contribution in [1.29, 1.82) is 0 Å². The second kappa shape index (κ2) is 3.77. The van der Waals surface area contributed by atoms with Crippen molar-refractivity contribution in [1.82, 2.24) is 0 Å². The summed E-state index contributed by atoms with van der Waals surface area (Å²) in [5, 5.41) is 11.1. The van der Waals surface area contributed by atoms with Crippen LogP contribution in [0.3, 0.4) is 0 Å². The SMILES string of the molecule is CC12C=CC=CC1SC(c1ccccc1O)=N2. The zero-order valence-corrected chi connectivity index (χ0v) is 10.3. The van der Waals surface area contributed by atoms with Gasteiger partial charge in [0.05, 0.1) is 10.8 Å². The standard InChI is InChI=1S/C14H13NOS/c1-14-9-5-4-8-12(14)17-13(15-14)10-6-2-3-7-11(10)16/h2-9,12,16H,1H3. The molecule has 86 valence electrons. The summed E-state index contributed by atoms with van der Waals surface area (Å²) < 4.78 is 0. The molecule has 1 aromatic carbocycles. The van der Waals surface area contributed by atoms with Gasteiger partial charge in [-0.05, 0) is 19.1 Å². The molecule has 2 atom stereocenters. The van der Waals surface area contributed by atoms with Gasteiger partial charge in [0.15, 0.2) is 0 Å². The van der Waals surface area contributed by atoms with Crippen LogP contribution in [0.25, 0.3) is 0 Å². The first kappa shape index (κ1) is 10.7. The van der Waals surface area contributed by atoms with Crippen molar-refractivity contribution >= 4 is 16.8 Å². The van der Waals surface area contributed by atoms with Crippen molar-refractivity contribution in [3.05, 3.63) is 54.1 Å². The molecular formula is C14H13NOS. The fourth-order valence-electron chi connectivity index (χ4n) is 2.11. The van der Waals surface area contributed by atoms with E-state index in [1.807, 2.05) is 24.3 Å². The highest BCUT2D eigenvalue weighted by atomic mass is 32.2. The Bertz CT molecular complexity index is 547. The lowest BCUT2D eigenvalue weighted by molar-refractivity contribution is 0.474. The summed E-state index contributed by atoms with van der Waals surface area (Å²) in [5.41, 5.74) is 0.659. The number of nitrogens with zero attached hydrogens (tertiary/aromatic N) is 1. The third-order valence-corrected chi connectivity index (χ3v) is 4.54. The van der Waals surface area contributed by atoms with Crippen LogP contribution in [-0.2, 0) is 0 Å². The number of rotatable bonds is 1. The number of phenols is 1. The van der Waals surface area contributed by atoms with Gasteiger partial charge in [0.25, 0.3) is 0 Å². The van der Waals surface area contributed by atoms with Crippen LogP contribution < -0.4 is 0 Å². The van der Waals surface area contributed by atoms with Crippen LogP contribution >= 0.6 is 11.8 Å². The molecule has 0 saturated carbocycles. The number of hydrogen-bond donors (Lipinski definition) is 1. The summed E-state index contributed by atoms with van der Waals surface area (Å²) in [6, 6.07) is 7.37. The van der Waals surface area contributed by atoms with Crippen molar-refractivity contribution in [3.63, 3.8) is 0 Å². The minimum atomic E-state index is -0.170. The van der Waals surface area contributed by atoms with Crippen molar-refractivity contribution in [2.24, 2.45) is 4.99 Å². The van der Waals surface area contributed by atoms with Gasteiger partial charge in [-0.2, -0.15) is 0 Å². The molecule has 1 heterocycles. The molecule has 1 aliphatic carbocycles. The van der Waals surface area contributed by atoms with E-state index in [1.54, 1.807) is 17.8 Å². The Kier molecular flexibility index (Phi) is 2.37. The lowest BCUT2D eigenvalue weighted by Gasteiger charge is -2.23. The second-order valence-electron chi connectivity index (χ2n) is 4.44. The number of aliphatic imine (C=N–C) groups is 1. The number of fused-ring (bicyclic) bond motifs is 1. The molecule has 1 aromatic rings. The summed E-state index contributed by atoms with van der Waals surface area (Å²) in [4.78, 5) is 4.75. The van der Waals surface area contributed by atoms with Crippen LogP contribution in [-0.4, -0.2) is 20.9 Å². The summed E-state index contributed by atoms with van der Waals surface area (Å²) in [5.74, 6) is 0.300. The molecule has 0 saturated heterocycles. The van der Waals surface area contributed by atoms with E-state index in [-0.39, 0.29) is 5.54 Å². The van der Waals surface area contributed by atoms with Gasteiger partial charge in [-0.3, -0.25) is 4.99 Å². The predicted molar refractivity (Wildman–Crippen MR) is 72.7 cm³/mol. The minimum Gasteiger partial charge on any atom is -0.507 e. The molecule has 1 aliphatic heterocycles. The Labute approximate surface area is 105 Å². The Morgan fingerprint density at radius 1 is 1.29 bits per heavy atom. The molecule has 0 radical (unpaired) electrons.